The molecule has 2 rings (SSSR count). The van der Waals surface area contributed by atoms with Gasteiger partial charge in [-0.2, -0.15) is 0 Å². The van der Waals surface area contributed by atoms with Crippen molar-refractivity contribution in [1.82, 2.24) is 5.32 Å². The standard InChI is InChI=1S/C19H31N/c1-14(16-8-6-7-9-16)20-15(2)17-10-12-18(13-11-17)19(3,4)5/h10-16,20H,6-9H2,1-5H3. The molecule has 0 amide bonds. The van der Waals surface area contributed by atoms with Gasteiger partial charge in [-0.3, -0.25) is 0 Å². The summed E-state index contributed by atoms with van der Waals surface area (Å²) in [5, 5.41) is 3.80. The van der Waals surface area contributed by atoms with Gasteiger partial charge in [-0.05, 0) is 49.1 Å². The Balaban J connectivity index is 1.96. The largest absolute Gasteiger partial charge is 0.307 e. The Hall–Kier alpha value is -0.820. The molecule has 2 unspecified atom stereocenters. The molecular weight excluding hydrogens is 242 g/mol. The van der Waals surface area contributed by atoms with Gasteiger partial charge in [-0.15, -0.1) is 0 Å². The average molecular weight is 273 g/mol. The van der Waals surface area contributed by atoms with Crippen molar-refractivity contribution in [1.29, 1.82) is 0 Å². The minimum Gasteiger partial charge on any atom is -0.307 e. The topological polar surface area (TPSA) is 12.0 Å². The van der Waals surface area contributed by atoms with Crippen molar-refractivity contribution < 1.29 is 0 Å². The third kappa shape index (κ3) is 3.85. The second-order valence-corrected chi connectivity index (χ2v) is 7.59. The van der Waals surface area contributed by atoms with Crippen molar-refractivity contribution in [3.63, 3.8) is 0 Å². The first-order valence-corrected chi connectivity index (χ1v) is 8.24. The maximum absolute atomic E-state index is 3.80. The van der Waals surface area contributed by atoms with E-state index in [0.29, 0.717) is 12.1 Å². The molecule has 1 aromatic rings. The van der Waals surface area contributed by atoms with Gasteiger partial charge < -0.3 is 5.32 Å². The Kier molecular flexibility index (Phi) is 4.90. The molecule has 0 radical (unpaired) electrons. The molecule has 0 bridgehead atoms. The van der Waals surface area contributed by atoms with Crippen LogP contribution < -0.4 is 5.32 Å². The first-order valence-electron chi connectivity index (χ1n) is 8.24. The number of benzene rings is 1. The van der Waals surface area contributed by atoms with Crippen LogP contribution >= 0.6 is 0 Å². The summed E-state index contributed by atoms with van der Waals surface area (Å²) >= 11 is 0. The summed E-state index contributed by atoms with van der Waals surface area (Å²) in [6, 6.07) is 10.2. The zero-order valence-corrected chi connectivity index (χ0v) is 13.9. The summed E-state index contributed by atoms with van der Waals surface area (Å²) in [5.41, 5.74) is 3.06. The maximum atomic E-state index is 3.80. The van der Waals surface area contributed by atoms with E-state index in [0.717, 1.165) is 5.92 Å². The van der Waals surface area contributed by atoms with Crippen LogP contribution in [-0.2, 0) is 5.41 Å². The highest BCUT2D eigenvalue weighted by Gasteiger charge is 2.23. The van der Waals surface area contributed by atoms with Gasteiger partial charge in [-0.1, -0.05) is 57.9 Å². The van der Waals surface area contributed by atoms with Gasteiger partial charge in [0.15, 0.2) is 0 Å². The summed E-state index contributed by atoms with van der Waals surface area (Å²) in [4.78, 5) is 0. The van der Waals surface area contributed by atoms with Crippen LogP contribution in [0.3, 0.4) is 0 Å². The van der Waals surface area contributed by atoms with Crippen molar-refractivity contribution >= 4 is 0 Å². The van der Waals surface area contributed by atoms with Crippen LogP contribution in [0, 0.1) is 5.92 Å². The molecule has 1 aliphatic rings. The third-order valence-corrected chi connectivity index (χ3v) is 4.90. The van der Waals surface area contributed by atoms with E-state index in [1.807, 2.05) is 0 Å². The molecule has 1 aliphatic carbocycles. The highest BCUT2D eigenvalue weighted by Crippen LogP contribution is 2.29. The maximum Gasteiger partial charge on any atom is 0.0294 e. The normalized spacial score (nSPS) is 20.1. The molecule has 1 fully saturated rings. The lowest BCUT2D eigenvalue weighted by atomic mass is 9.86. The summed E-state index contributed by atoms with van der Waals surface area (Å²) < 4.78 is 0. The monoisotopic (exact) mass is 273 g/mol. The quantitative estimate of drug-likeness (QED) is 0.793. The van der Waals surface area contributed by atoms with Crippen molar-refractivity contribution in [2.45, 2.75) is 77.8 Å². The Morgan fingerprint density at radius 2 is 1.55 bits per heavy atom. The second-order valence-electron chi connectivity index (χ2n) is 7.59. The fourth-order valence-electron chi connectivity index (χ4n) is 3.36. The predicted octanol–water partition coefficient (Wildman–Crippen LogP) is 5.21. The molecule has 2 atom stereocenters. The molecule has 1 saturated carbocycles. The number of nitrogens with one attached hydrogen (secondary N) is 1. The summed E-state index contributed by atoms with van der Waals surface area (Å²) in [5.74, 6) is 0.881. The van der Waals surface area contributed by atoms with Crippen LogP contribution in [-0.4, -0.2) is 6.04 Å². The minimum atomic E-state index is 0.242. The van der Waals surface area contributed by atoms with Crippen LogP contribution in [0.2, 0.25) is 0 Å². The number of hydrogen-bond acceptors (Lipinski definition) is 1. The molecule has 1 nitrogen and oxygen atoms in total. The van der Waals surface area contributed by atoms with E-state index in [-0.39, 0.29) is 5.41 Å². The molecule has 0 aromatic heterocycles. The number of rotatable bonds is 4. The molecule has 20 heavy (non-hydrogen) atoms. The van der Waals surface area contributed by atoms with Crippen molar-refractivity contribution in [2.24, 2.45) is 5.92 Å². The SMILES string of the molecule is CC(NC(C)C1CCCC1)c1ccc(C(C)(C)C)cc1. The Morgan fingerprint density at radius 3 is 2.05 bits per heavy atom. The highest BCUT2D eigenvalue weighted by atomic mass is 14.9. The van der Waals surface area contributed by atoms with Gasteiger partial charge in [0.1, 0.15) is 0 Å². The van der Waals surface area contributed by atoms with Crippen LogP contribution in [0.1, 0.15) is 77.5 Å². The molecule has 112 valence electrons. The van der Waals surface area contributed by atoms with Crippen molar-refractivity contribution in [3.8, 4) is 0 Å². The summed E-state index contributed by atoms with van der Waals surface area (Å²) in [6.07, 6.45) is 5.66. The Bertz CT molecular complexity index is 406. The van der Waals surface area contributed by atoms with Crippen molar-refractivity contribution in [2.75, 3.05) is 0 Å². The molecular formula is C19H31N. The molecule has 1 heteroatoms. The summed E-state index contributed by atoms with van der Waals surface area (Å²) in [7, 11) is 0. The lowest BCUT2D eigenvalue weighted by molar-refractivity contribution is 0.352. The molecule has 0 aliphatic heterocycles. The fourth-order valence-corrected chi connectivity index (χ4v) is 3.36. The van der Waals surface area contributed by atoms with Crippen molar-refractivity contribution in [3.05, 3.63) is 35.4 Å². The van der Waals surface area contributed by atoms with Gasteiger partial charge in [0, 0.05) is 12.1 Å². The smallest absolute Gasteiger partial charge is 0.0294 e. The Labute approximate surface area is 125 Å². The average Bonchev–Trinajstić information content (AvgIpc) is 2.91. The zero-order valence-electron chi connectivity index (χ0n) is 13.9. The first-order chi connectivity index (χ1) is 9.38. The van der Waals surface area contributed by atoms with E-state index < -0.39 is 0 Å². The van der Waals surface area contributed by atoms with E-state index in [1.165, 1.54) is 36.8 Å². The Morgan fingerprint density at radius 1 is 1.00 bits per heavy atom. The van der Waals surface area contributed by atoms with E-state index in [4.69, 9.17) is 0 Å². The predicted molar refractivity (Wildman–Crippen MR) is 88.1 cm³/mol. The van der Waals surface area contributed by atoms with E-state index in [1.54, 1.807) is 0 Å². The molecule has 0 heterocycles. The van der Waals surface area contributed by atoms with Crippen LogP contribution in [0.5, 0.6) is 0 Å². The molecule has 1 aromatic carbocycles. The van der Waals surface area contributed by atoms with E-state index >= 15 is 0 Å². The fraction of sp³-hybridized carbons (Fsp3) is 0.684. The molecule has 1 N–H and O–H groups in total. The highest BCUT2D eigenvalue weighted by molar-refractivity contribution is 5.29. The van der Waals surface area contributed by atoms with E-state index in [9.17, 15) is 0 Å². The lowest BCUT2D eigenvalue weighted by Crippen LogP contribution is -2.34. The molecule has 0 spiro atoms. The van der Waals surface area contributed by atoms with Gasteiger partial charge in [0.25, 0.3) is 0 Å². The second kappa shape index (κ2) is 6.30. The minimum absolute atomic E-state index is 0.242. The molecule has 0 saturated heterocycles. The van der Waals surface area contributed by atoms with Gasteiger partial charge in [0.05, 0.1) is 0 Å². The van der Waals surface area contributed by atoms with Gasteiger partial charge in [-0.25, -0.2) is 0 Å². The zero-order chi connectivity index (χ0) is 14.8. The number of hydrogen-bond donors (Lipinski definition) is 1. The van der Waals surface area contributed by atoms with Crippen LogP contribution in [0.25, 0.3) is 0 Å². The summed E-state index contributed by atoms with van der Waals surface area (Å²) in [6.45, 7) is 11.5. The third-order valence-electron chi connectivity index (χ3n) is 4.90. The first kappa shape index (κ1) is 15.6. The lowest BCUT2D eigenvalue weighted by Gasteiger charge is -2.26. The van der Waals surface area contributed by atoms with E-state index in [2.05, 4.69) is 64.2 Å². The van der Waals surface area contributed by atoms with Crippen LogP contribution in [0.15, 0.2) is 24.3 Å². The van der Waals surface area contributed by atoms with Gasteiger partial charge in [0.2, 0.25) is 0 Å². The van der Waals surface area contributed by atoms with Crippen LogP contribution in [0.4, 0.5) is 0 Å². The van der Waals surface area contributed by atoms with Gasteiger partial charge >= 0.3 is 0 Å².